The van der Waals surface area contributed by atoms with E-state index in [1.54, 1.807) is 6.92 Å². The van der Waals surface area contributed by atoms with Crippen LogP contribution in [0.4, 0.5) is 23.4 Å². The lowest BCUT2D eigenvalue weighted by molar-refractivity contribution is 0.123. The molecular formula is C25H24F4N8O2S. The molecule has 3 aromatic heterocycles. The van der Waals surface area contributed by atoms with E-state index < -0.39 is 40.2 Å². The first-order valence-corrected chi connectivity index (χ1v) is 12.8. The first-order chi connectivity index (χ1) is 19.0. The first-order valence-electron chi connectivity index (χ1n) is 12.0. The second-order valence-electron chi connectivity index (χ2n) is 9.53. The second kappa shape index (κ2) is 10.2. The lowest BCUT2D eigenvalue weighted by Gasteiger charge is -2.34. The smallest absolute Gasteiger partial charge is 0.254 e. The summed E-state index contributed by atoms with van der Waals surface area (Å²) in [6.45, 7) is 8.26. The molecule has 4 atom stereocenters. The number of nitrogens with one attached hydrogen (secondary N) is 1. The van der Waals surface area contributed by atoms with Crippen molar-refractivity contribution in [2.75, 3.05) is 5.32 Å². The average Bonchev–Trinajstić information content (AvgIpc) is 3.24. The fraction of sp³-hybridized carbons (Fsp3) is 0.360. The summed E-state index contributed by atoms with van der Waals surface area (Å²) < 4.78 is 67.4. The van der Waals surface area contributed by atoms with E-state index in [2.05, 4.69) is 41.8 Å². The Kier molecular flexibility index (Phi) is 7.02. The van der Waals surface area contributed by atoms with Crippen molar-refractivity contribution in [2.24, 2.45) is 22.6 Å². The number of oxazole rings is 1. The minimum atomic E-state index is -2.72. The van der Waals surface area contributed by atoms with E-state index >= 15 is 8.78 Å². The molecule has 1 aliphatic carbocycles. The van der Waals surface area contributed by atoms with E-state index in [4.69, 9.17) is 14.9 Å². The van der Waals surface area contributed by atoms with Gasteiger partial charge in [-0.1, -0.05) is 25.3 Å². The van der Waals surface area contributed by atoms with Crippen LogP contribution in [0.3, 0.4) is 0 Å². The van der Waals surface area contributed by atoms with Crippen molar-refractivity contribution in [1.82, 2.24) is 24.9 Å². The Morgan fingerprint density at radius 3 is 2.77 bits per heavy atom. The van der Waals surface area contributed by atoms with Gasteiger partial charge in [0.2, 0.25) is 11.8 Å². The van der Waals surface area contributed by atoms with Gasteiger partial charge >= 0.3 is 0 Å². The van der Waals surface area contributed by atoms with E-state index in [0.29, 0.717) is 5.89 Å². The van der Waals surface area contributed by atoms with Crippen molar-refractivity contribution in [3.05, 3.63) is 66.5 Å². The lowest BCUT2D eigenvalue weighted by atomic mass is 9.85. The molecular weight excluding hydrogens is 552 g/mol. The molecule has 1 aliphatic heterocycles. The Bertz CT molecular complexity index is 1560. The van der Waals surface area contributed by atoms with Gasteiger partial charge in [0.1, 0.15) is 12.6 Å². The number of anilines is 1. The highest BCUT2D eigenvalue weighted by Gasteiger charge is 2.76. The number of amidine groups is 1. The van der Waals surface area contributed by atoms with Gasteiger partial charge in [-0.3, -0.25) is 4.99 Å². The van der Waals surface area contributed by atoms with Crippen LogP contribution >= 0.6 is 11.8 Å². The number of nitrogens with two attached hydrogens (primary N) is 1. The van der Waals surface area contributed by atoms with Crippen LogP contribution in [0.1, 0.15) is 26.7 Å². The Hall–Kier alpha value is -4.01. The molecule has 0 spiro atoms. The van der Waals surface area contributed by atoms with Gasteiger partial charge < -0.3 is 20.2 Å². The predicted molar refractivity (Wildman–Crippen MR) is 141 cm³/mol. The van der Waals surface area contributed by atoms with E-state index in [-0.39, 0.29) is 45.9 Å². The van der Waals surface area contributed by atoms with Crippen molar-refractivity contribution in [3.8, 4) is 5.88 Å². The summed E-state index contributed by atoms with van der Waals surface area (Å²) in [7, 11) is 0. The normalized spacial score (nSPS) is 26.7. The third-order valence-corrected chi connectivity index (χ3v) is 8.51. The van der Waals surface area contributed by atoms with Gasteiger partial charge in [0.25, 0.3) is 6.43 Å². The van der Waals surface area contributed by atoms with E-state index in [1.807, 2.05) is 0 Å². The standard InChI is InChI=1S/C25H24F4N8O2S/c1-11(35-20-18-21(34-10-33-20)36-15(8-32-18)39-9-16-31-5-6-38-16)7-14(26)17(27)12(2)24(4)19-13(3)25(19,22(28)29)40-23(30)37-24/h5-8,10,13,19,22H,2,9H2,1,3-4H3,(H2,30,37)(H,33,34,35,36)/b11-7+,17-14-/t13-,19-,24+,25-/m0/s1. The zero-order valence-corrected chi connectivity index (χ0v) is 22.3. The lowest BCUT2D eigenvalue weighted by Crippen LogP contribution is -2.41. The molecule has 0 bridgehead atoms. The second-order valence-corrected chi connectivity index (χ2v) is 10.9. The molecule has 4 heterocycles. The van der Waals surface area contributed by atoms with Crippen LogP contribution in [0.15, 0.2) is 70.0 Å². The predicted octanol–water partition coefficient (Wildman–Crippen LogP) is 5.10. The van der Waals surface area contributed by atoms with Crippen LogP contribution in [-0.2, 0) is 6.61 Å². The molecule has 0 saturated heterocycles. The number of alkyl halides is 2. The Morgan fingerprint density at radius 1 is 1.30 bits per heavy atom. The van der Waals surface area contributed by atoms with Gasteiger partial charge in [0.15, 0.2) is 40.4 Å². The van der Waals surface area contributed by atoms with Crippen LogP contribution in [-0.4, -0.2) is 46.8 Å². The Morgan fingerprint density at radius 2 is 2.08 bits per heavy atom. The summed E-state index contributed by atoms with van der Waals surface area (Å²) in [4.78, 5) is 24.9. The van der Waals surface area contributed by atoms with E-state index in [9.17, 15) is 8.78 Å². The number of aromatic nitrogens is 5. The molecule has 210 valence electrons. The number of aliphatic imine (C=N–C) groups is 1. The fourth-order valence-electron chi connectivity index (χ4n) is 5.06. The summed E-state index contributed by atoms with van der Waals surface area (Å²) >= 11 is 0.779. The maximum absolute atomic E-state index is 15.3. The number of rotatable bonds is 9. The summed E-state index contributed by atoms with van der Waals surface area (Å²) in [6, 6.07) is 0. The van der Waals surface area contributed by atoms with Gasteiger partial charge in [-0.25, -0.2) is 37.5 Å². The van der Waals surface area contributed by atoms with Crippen LogP contribution < -0.4 is 15.8 Å². The molecule has 15 heteroatoms. The van der Waals surface area contributed by atoms with Gasteiger partial charge in [0, 0.05) is 17.2 Å². The molecule has 40 heavy (non-hydrogen) atoms. The molecule has 1 fully saturated rings. The van der Waals surface area contributed by atoms with Crippen LogP contribution in [0.5, 0.6) is 5.88 Å². The topological polar surface area (TPSA) is 137 Å². The number of fused-ring (bicyclic) bond motifs is 2. The monoisotopic (exact) mass is 576 g/mol. The fourth-order valence-corrected chi connectivity index (χ4v) is 6.56. The Labute approximate surface area is 230 Å². The minimum absolute atomic E-state index is 0.0340. The zero-order chi connectivity index (χ0) is 28.8. The molecule has 3 N–H and O–H groups in total. The van der Waals surface area contributed by atoms with E-state index in [0.717, 1.165) is 17.8 Å². The summed E-state index contributed by atoms with van der Waals surface area (Å²) in [6.07, 6.45) is 3.63. The third-order valence-electron chi connectivity index (χ3n) is 7.05. The quantitative estimate of drug-likeness (QED) is 0.261. The van der Waals surface area contributed by atoms with Crippen LogP contribution in [0.2, 0.25) is 0 Å². The molecule has 10 nitrogen and oxygen atoms in total. The minimum Gasteiger partial charge on any atom is -0.467 e. The highest BCUT2D eigenvalue weighted by Crippen LogP contribution is 2.71. The molecule has 3 aromatic rings. The molecule has 0 radical (unpaired) electrons. The van der Waals surface area contributed by atoms with Gasteiger partial charge in [0.05, 0.1) is 22.7 Å². The number of hydrogen-bond donors (Lipinski definition) is 2. The maximum Gasteiger partial charge on any atom is 0.254 e. The van der Waals surface area contributed by atoms with Crippen molar-refractivity contribution >= 4 is 33.9 Å². The number of hydrogen-bond acceptors (Lipinski definition) is 11. The van der Waals surface area contributed by atoms with Gasteiger partial charge in [-0.05, 0) is 25.8 Å². The SMILES string of the molecule is C=C(/C(F)=C(F)\C=C(/C)Nc1ncnc2nc(OCc3ncco3)cnc12)[C@@]1(C)N=C(N)S[C@]2(C(F)F)[C@H]1[C@@H]2C. The largest absolute Gasteiger partial charge is 0.467 e. The van der Waals surface area contributed by atoms with Gasteiger partial charge in [-0.2, -0.15) is 4.98 Å². The third kappa shape index (κ3) is 4.67. The van der Waals surface area contributed by atoms with E-state index in [1.165, 1.54) is 38.8 Å². The molecule has 0 amide bonds. The van der Waals surface area contributed by atoms with Crippen molar-refractivity contribution in [3.63, 3.8) is 0 Å². The highest BCUT2D eigenvalue weighted by atomic mass is 32.2. The van der Waals surface area contributed by atoms with Crippen molar-refractivity contribution in [2.45, 2.75) is 44.1 Å². The van der Waals surface area contributed by atoms with Gasteiger partial charge in [-0.15, -0.1) is 0 Å². The first kappa shape index (κ1) is 27.6. The van der Waals surface area contributed by atoms with Crippen LogP contribution in [0, 0.1) is 11.8 Å². The summed E-state index contributed by atoms with van der Waals surface area (Å²) in [5, 5.41) is 2.73. The molecule has 5 rings (SSSR count). The average molecular weight is 577 g/mol. The highest BCUT2D eigenvalue weighted by molar-refractivity contribution is 8.15. The number of allylic oxidation sites excluding steroid dienone is 3. The maximum atomic E-state index is 15.3. The molecule has 2 aliphatic rings. The Balaban J connectivity index is 1.35. The molecule has 0 aromatic carbocycles. The van der Waals surface area contributed by atoms with Crippen molar-refractivity contribution < 1.29 is 26.7 Å². The summed E-state index contributed by atoms with van der Waals surface area (Å²) in [5.41, 5.74) is 4.52. The molecule has 1 saturated carbocycles. The van der Waals surface area contributed by atoms with Crippen molar-refractivity contribution in [1.29, 1.82) is 0 Å². The number of halogens is 4. The zero-order valence-electron chi connectivity index (χ0n) is 21.5. The number of thioether (sulfide) groups is 1. The van der Waals surface area contributed by atoms with Crippen LogP contribution in [0.25, 0.3) is 11.2 Å². The number of ether oxygens (including phenoxy) is 1. The molecule has 0 unspecified atom stereocenters. The summed E-state index contributed by atoms with van der Waals surface area (Å²) in [5.74, 6) is -3.18. The number of nitrogens with zero attached hydrogens (tertiary/aromatic N) is 6.